The molecule has 1 aliphatic carbocycles. The summed E-state index contributed by atoms with van der Waals surface area (Å²) >= 11 is 0. The molecule has 0 saturated heterocycles. The van der Waals surface area contributed by atoms with Gasteiger partial charge in [-0.2, -0.15) is 0 Å². The molecular formula is C26H27FN2O4. The number of nitrogens with zero attached hydrogens (tertiary/aromatic N) is 2. The van der Waals surface area contributed by atoms with E-state index in [2.05, 4.69) is 0 Å². The number of ether oxygens (including phenoxy) is 1. The molecule has 0 aliphatic heterocycles. The van der Waals surface area contributed by atoms with E-state index < -0.39 is 0 Å². The molecule has 0 unspecified atom stereocenters. The van der Waals surface area contributed by atoms with Crippen molar-refractivity contribution in [3.63, 3.8) is 0 Å². The first kappa shape index (κ1) is 22.7. The molecule has 7 heteroatoms. The molecular weight excluding hydrogens is 423 g/mol. The first-order valence-corrected chi connectivity index (χ1v) is 11.0. The minimum Gasteiger partial charge on any atom is -0.467 e. The van der Waals surface area contributed by atoms with E-state index in [1.807, 2.05) is 30.3 Å². The lowest BCUT2D eigenvalue weighted by atomic mass is 10.2. The number of carbonyl (C=O) groups excluding carboxylic acids is 2. The van der Waals surface area contributed by atoms with Gasteiger partial charge in [-0.25, -0.2) is 4.39 Å². The summed E-state index contributed by atoms with van der Waals surface area (Å²) < 4.78 is 24.3. The van der Waals surface area contributed by atoms with Gasteiger partial charge in [0.1, 0.15) is 24.7 Å². The van der Waals surface area contributed by atoms with Crippen LogP contribution in [-0.4, -0.2) is 40.8 Å². The van der Waals surface area contributed by atoms with Gasteiger partial charge in [-0.1, -0.05) is 42.5 Å². The normalized spacial score (nSPS) is 13.0. The minimum absolute atomic E-state index is 0.0277. The molecule has 1 aromatic heterocycles. The molecule has 6 nitrogen and oxygen atoms in total. The molecule has 2 aromatic carbocycles. The molecule has 0 radical (unpaired) electrons. The highest BCUT2D eigenvalue weighted by atomic mass is 19.1. The number of furan rings is 1. The monoisotopic (exact) mass is 450 g/mol. The van der Waals surface area contributed by atoms with Crippen LogP contribution in [0, 0.1) is 5.82 Å². The average Bonchev–Trinajstić information content (AvgIpc) is 3.54. The maximum absolute atomic E-state index is 13.3. The number of hydrogen-bond donors (Lipinski definition) is 0. The van der Waals surface area contributed by atoms with Crippen LogP contribution in [0.25, 0.3) is 0 Å². The maximum atomic E-state index is 13.3. The lowest BCUT2D eigenvalue weighted by Gasteiger charge is -2.27. The van der Waals surface area contributed by atoms with E-state index in [9.17, 15) is 14.0 Å². The van der Waals surface area contributed by atoms with Gasteiger partial charge in [0.05, 0.1) is 19.4 Å². The summed E-state index contributed by atoms with van der Waals surface area (Å²) in [6.45, 7) is 0.792. The van der Waals surface area contributed by atoms with E-state index in [1.54, 1.807) is 40.3 Å². The van der Waals surface area contributed by atoms with E-state index in [4.69, 9.17) is 9.15 Å². The fourth-order valence-corrected chi connectivity index (χ4v) is 3.60. The molecule has 1 aliphatic rings. The number of rotatable bonds is 11. The second kappa shape index (κ2) is 10.9. The van der Waals surface area contributed by atoms with Gasteiger partial charge < -0.3 is 19.0 Å². The summed E-state index contributed by atoms with van der Waals surface area (Å²) in [5.41, 5.74) is 1.79. The zero-order chi connectivity index (χ0) is 23.0. The summed E-state index contributed by atoms with van der Waals surface area (Å²) in [6, 6.07) is 19.3. The third kappa shape index (κ3) is 6.76. The van der Waals surface area contributed by atoms with Gasteiger partial charge in [0, 0.05) is 12.6 Å². The van der Waals surface area contributed by atoms with Crippen LogP contribution in [-0.2, 0) is 34.0 Å². The first-order chi connectivity index (χ1) is 16.1. The highest BCUT2D eigenvalue weighted by Crippen LogP contribution is 2.27. The Bertz CT molecular complexity index is 1030. The van der Waals surface area contributed by atoms with Gasteiger partial charge in [0.15, 0.2) is 0 Å². The Morgan fingerprint density at radius 3 is 2.33 bits per heavy atom. The smallest absolute Gasteiger partial charge is 0.249 e. The van der Waals surface area contributed by atoms with Crippen molar-refractivity contribution in [3.8, 4) is 0 Å². The second-order valence-electron chi connectivity index (χ2n) is 8.19. The van der Waals surface area contributed by atoms with Crippen molar-refractivity contribution in [3.05, 3.63) is 95.7 Å². The van der Waals surface area contributed by atoms with E-state index in [0.29, 0.717) is 12.4 Å². The van der Waals surface area contributed by atoms with Crippen molar-refractivity contribution in [2.75, 3.05) is 13.2 Å². The van der Waals surface area contributed by atoms with Gasteiger partial charge in [-0.3, -0.25) is 9.59 Å². The Labute approximate surface area is 192 Å². The second-order valence-corrected chi connectivity index (χ2v) is 8.19. The first-order valence-electron chi connectivity index (χ1n) is 11.0. The minimum atomic E-state index is -0.330. The summed E-state index contributed by atoms with van der Waals surface area (Å²) in [5, 5.41) is 0. The van der Waals surface area contributed by atoms with Crippen LogP contribution in [0.15, 0.2) is 77.4 Å². The van der Waals surface area contributed by atoms with Gasteiger partial charge in [-0.15, -0.1) is 0 Å². The standard InChI is InChI=1S/C26H27FN2O4/c27-22-10-8-20(9-11-22)15-28(16-24-7-4-14-33-24)25(30)17-29(23-12-13-23)26(31)19-32-18-21-5-2-1-3-6-21/h1-11,14,23H,12-13,15-19H2. The number of hydrogen-bond acceptors (Lipinski definition) is 4. The fraction of sp³-hybridized carbons (Fsp3) is 0.308. The van der Waals surface area contributed by atoms with Crippen molar-refractivity contribution >= 4 is 11.8 Å². The molecule has 0 atom stereocenters. The van der Waals surface area contributed by atoms with Crippen LogP contribution in [0.1, 0.15) is 29.7 Å². The molecule has 4 rings (SSSR count). The Morgan fingerprint density at radius 2 is 1.67 bits per heavy atom. The number of amides is 2. The van der Waals surface area contributed by atoms with Crippen molar-refractivity contribution in [2.24, 2.45) is 0 Å². The summed E-state index contributed by atoms with van der Waals surface area (Å²) in [5.74, 6) is -0.0785. The summed E-state index contributed by atoms with van der Waals surface area (Å²) in [6.07, 6.45) is 3.32. The van der Waals surface area contributed by atoms with Gasteiger partial charge in [0.25, 0.3) is 0 Å². The van der Waals surface area contributed by atoms with Crippen LogP contribution in [0.4, 0.5) is 4.39 Å². The zero-order valence-corrected chi connectivity index (χ0v) is 18.4. The zero-order valence-electron chi connectivity index (χ0n) is 18.4. The Balaban J connectivity index is 1.39. The number of carbonyl (C=O) groups is 2. The lowest BCUT2D eigenvalue weighted by Crippen LogP contribution is -2.44. The van der Waals surface area contributed by atoms with Crippen LogP contribution in [0.3, 0.4) is 0 Å². The van der Waals surface area contributed by atoms with Crippen LogP contribution >= 0.6 is 0 Å². The highest BCUT2D eigenvalue weighted by molar-refractivity contribution is 5.86. The fourth-order valence-electron chi connectivity index (χ4n) is 3.60. The molecule has 3 aromatic rings. The lowest BCUT2D eigenvalue weighted by molar-refractivity contribution is -0.144. The Kier molecular flexibility index (Phi) is 7.52. The SMILES string of the molecule is O=C(CN(C(=O)COCc1ccccc1)C1CC1)N(Cc1ccc(F)cc1)Cc1ccco1. The van der Waals surface area contributed by atoms with E-state index in [1.165, 1.54) is 12.1 Å². The predicted octanol–water partition coefficient (Wildman–Crippen LogP) is 4.16. The molecule has 0 N–H and O–H groups in total. The number of benzene rings is 2. The third-order valence-electron chi connectivity index (χ3n) is 5.52. The number of halogens is 1. The third-order valence-corrected chi connectivity index (χ3v) is 5.52. The van der Waals surface area contributed by atoms with Crippen molar-refractivity contribution in [2.45, 2.75) is 38.6 Å². The summed E-state index contributed by atoms with van der Waals surface area (Å²) in [4.78, 5) is 29.4. The molecule has 1 heterocycles. The quantitative estimate of drug-likeness (QED) is 0.440. The van der Waals surface area contributed by atoms with Gasteiger partial charge in [-0.05, 0) is 48.2 Å². The molecule has 1 fully saturated rings. The van der Waals surface area contributed by atoms with E-state index in [-0.39, 0.29) is 49.9 Å². The van der Waals surface area contributed by atoms with Gasteiger partial charge in [0.2, 0.25) is 11.8 Å². The molecule has 33 heavy (non-hydrogen) atoms. The van der Waals surface area contributed by atoms with Crippen molar-refractivity contribution in [1.82, 2.24) is 9.80 Å². The maximum Gasteiger partial charge on any atom is 0.249 e. The topological polar surface area (TPSA) is 63.0 Å². The molecule has 1 saturated carbocycles. The van der Waals surface area contributed by atoms with Gasteiger partial charge >= 0.3 is 0 Å². The average molecular weight is 451 g/mol. The molecule has 0 spiro atoms. The van der Waals surface area contributed by atoms with E-state index >= 15 is 0 Å². The molecule has 0 bridgehead atoms. The molecule has 172 valence electrons. The summed E-state index contributed by atoms with van der Waals surface area (Å²) in [7, 11) is 0. The van der Waals surface area contributed by atoms with Crippen molar-refractivity contribution in [1.29, 1.82) is 0 Å². The Morgan fingerprint density at radius 1 is 0.909 bits per heavy atom. The molecule has 2 amide bonds. The van der Waals surface area contributed by atoms with Crippen LogP contribution in [0.5, 0.6) is 0 Å². The predicted molar refractivity (Wildman–Crippen MR) is 120 cm³/mol. The van der Waals surface area contributed by atoms with E-state index in [0.717, 1.165) is 24.0 Å². The van der Waals surface area contributed by atoms with Crippen LogP contribution < -0.4 is 0 Å². The largest absolute Gasteiger partial charge is 0.467 e. The van der Waals surface area contributed by atoms with Crippen LogP contribution in [0.2, 0.25) is 0 Å². The van der Waals surface area contributed by atoms with Crippen molar-refractivity contribution < 1.29 is 23.1 Å². The highest BCUT2D eigenvalue weighted by Gasteiger charge is 2.34. The Hall–Kier alpha value is -3.45.